The normalized spacial score (nSPS) is 10.7. The second-order valence-electron chi connectivity index (χ2n) is 6.30. The van der Waals surface area contributed by atoms with Crippen molar-refractivity contribution in [3.8, 4) is 11.5 Å². The molecule has 3 aromatic carbocycles. The Labute approximate surface area is 177 Å². The van der Waals surface area contributed by atoms with Crippen molar-refractivity contribution in [1.29, 1.82) is 0 Å². The molecule has 4 rings (SSSR count). The molecule has 0 spiro atoms. The van der Waals surface area contributed by atoms with Crippen LogP contribution in [0.15, 0.2) is 77.3 Å². The van der Waals surface area contributed by atoms with E-state index in [0.29, 0.717) is 39.4 Å². The van der Waals surface area contributed by atoms with Gasteiger partial charge in [0.2, 0.25) is 0 Å². The van der Waals surface area contributed by atoms with Crippen molar-refractivity contribution in [3.05, 3.63) is 99.8 Å². The zero-order chi connectivity index (χ0) is 20.2. The lowest BCUT2D eigenvalue weighted by Gasteiger charge is -2.09. The van der Waals surface area contributed by atoms with Gasteiger partial charge in [0.1, 0.15) is 0 Å². The summed E-state index contributed by atoms with van der Waals surface area (Å²) in [6.07, 6.45) is 0.553. The molecule has 5 nitrogen and oxygen atoms in total. The fourth-order valence-corrected chi connectivity index (χ4v) is 3.23. The van der Waals surface area contributed by atoms with Crippen molar-refractivity contribution in [3.63, 3.8) is 0 Å². The third-order valence-corrected chi connectivity index (χ3v) is 4.82. The molecule has 0 radical (unpaired) electrons. The Morgan fingerprint density at radius 3 is 2.55 bits per heavy atom. The standard InChI is InChI=1S/C22H15Cl2N3O2/c23-15-10-11-18(24)17(13-15)21(28)25-19-9-5-4-8-16(19)22-26-20(27-29-22)12-14-6-2-1-3-7-14/h1-11,13H,12H2,(H,25,28). The van der Waals surface area contributed by atoms with Gasteiger partial charge in [0.15, 0.2) is 5.82 Å². The lowest BCUT2D eigenvalue weighted by atomic mass is 10.1. The Kier molecular flexibility index (Phi) is 5.60. The molecule has 29 heavy (non-hydrogen) atoms. The fourth-order valence-electron chi connectivity index (χ4n) is 2.85. The molecule has 1 N–H and O–H groups in total. The van der Waals surface area contributed by atoms with E-state index in [4.69, 9.17) is 27.7 Å². The number of carbonyl (C=O) groups is 1. The highest BCUT2D eigenvalue weighted by Crippen LogP contribution is 2.28. The molecule has 0 fully saturated rings. The molecular weight excluding hydrogens is 409 g/mol. The summed E-state index contributed by atoms with van der Waals surface area (Å²) < 4.78 is 5.43. The van der Waals surface area contributed by atoms with Crippen molar-refractivity contribution < 1.29 is 9.32 Å². The third kappa shape index (κ3) is 4.47. The molecule has 0 saturated heterocycles. The van der Waals surface area contributed by atoms with Crippen LogP contribution in [0.3, 0.4) is 0 Å². The summed E-state index contributed by atoms with van der Waals surface area (Å²) in [7, 11) is 0. The van der Waals surface area contributed by atoms with Crippen LogP contribution < -0.4 is 5.32 Å². The van der Waals surface area contributed by atoms with Crippen molar-refractivity contribution in [2.45, 2.75) is 6.42 Å². The summed E-state index contributed by atoms with van der Waals surface area (Å²) in [4.78, 5) is 17.2. The molecule has 0 bridgehead atoms. The van der Waals surface area contributed by atoms with Crippen molar-refractivity contribution in [2.75, 3.05) is 5.32 Å². The molecule has 144 valence electrons. The molecule has 1 heterocycles. The summed E-state index contributed by atoms with van der Waals surface area (Å²) in [5.41, 5.74) is 2.51. The number of benzene rings is 3. The van der Waals surface area contributed by atoms with Crippen molar-refractivity contribution in [1.82, 2.24) is 10.1 Å². The number of amides is 1. The van der Waals surface area contributed by atoms with Crippen LogP contribution in [0.4, 0.5) is 5.69 Å². The summed E-state index contributed by atoms with van der Waals surface area (Å²) >= 11 is 12.1. The van der Waals surface area contributed by atoms with Gasteiger partial charge in [0.05, 0.1) is 21.8 Å². The summed E-state index contributed by atoms with van der Waals surface area (Å²) in [6.45, 7) is 0. The number of aromatic nitrogens is 2. The summed E-state index contributed by atoms with van der Waals surface area (Å²) in [5.74, 6) is 0.503. The highest BCUT2D eigenvalue weighted by atomic mass is 35.5. The highest BCUT2D eigenvalue weighted by molar-refractivity contribution is 6.36. The van der Waals surface area contributed by atoms with E-state index in [-0.39, 0.29) is 11.5 Å². The molecule has 0 atom stereocenters. The first-order valence-electron chi connectivity index (χ1n) is 8.82. The zero-order valence-corrected chi connectivity index (χ0v) is 16.6. The van der Waals surface area contributed by atoms with E-state index in [1.54, 1.807) is 30.3 Å². The molecular formula is C22H15Cl2N3O2. The smallest absolute Gasteiger partial charge is 0.260 e. The van der Waals surface area contributed by atoms with Gasteiger partial charge in [-0.1, -0.05) is 70.8 Å². The van der Waals surface area contributed by atoms with E-state index in [1.807, 2.05) is 36.4 Å². The number of carbonyl (C=O) groups excluding carboxylic acids is 1. The summed E-state index contributed by atoms with van der Waals surface area (Å²) in [5, 5.41) is 7.64. The molecule has 1 aromatic heterocycles. The van der Waals surface area contributed by atoms with Gasteiger partial charge in [0.25, 0.3) is 11.8 Å². The second-order valence-corrected chi connectivity index (χ2v) is 7.15. The topological polar surface area (TPSA) is 68.0 Å². The summed E-state index contributed by atoms with van der Waals surface area (Å²) in [6, 6.07) is 21.8. The lowest BCUT2D eigenvalue weighted by molar-refractivity contribution is 0.102. The third-order valence-electron chi connectivity index (χ3n) is 4.25. The van der Waals surface area contributed by atoms with Gasteiger partial charge in [-0.15, -0.1) is 0 Å². The molecule has 1 amide bonds. The predicted molar refractivity (Wildman–Crippen MR) is 113 cm³/mol. The monoisotopic (exact) mass is 423 g/mol. The number of anilines is 1. The Bertz CT molecular complexity index is 1160. The SMILES string of the molecule is O=C(Nc1ccccc1-c1nc(Cc2ccccc2)no1)c1cc(Cl)ccc1Cl. The maximum atomic E-state index is 12.7. The van der Waals surface area contributed by atoms with Crippen LogP contribution in [-0.2, 0) is 6.42 Å². The number of hydrogen-bond acceptors (Lipinski definition) is 4. The first-order chi connectivity index (χ1) is 14.1. The molecule has 0 aliphatic heterocycles. The Morgan fingerprint density at radius 1 is 0.966 bits per heavy atom. The largest absolute Gasteiger partial charge is 0.334 e. The van der Waals surface area contributed by atoms with Crippen LogP contribution in [0.2, 0.25) is 10.0 Å². The minimum atomic E-state index is -0.381. The number of hydrogen-bond donors (Lipinski definition) is 1. The van der Waals surface area contributed by atoms with E-state index in [0.717, 1.165) is 5.56 Å². The average molecular weight is 424 g/mol. The van der Waals surface area contributed by atoms with Crippen LogP contribution in [0, 0.1) is 0 Å². The van der Waals surface area contributed by atoms with E-state index in [9.17, 15) is 4.79 Å². The number of nitrogens with one attached hydrogen (secondary N) is 1. The number of halogens is 2. The fraction of sp³-hybridized carbons (Fsp3) is 0.0455. The molecule has 0 unspecified atom stereocenters. The maximum Gasteiger partial charge on any atom is 0.260 e. The number of nitrogens with zero attached hydrogens (tertiary/aromatic N) is 2. The van der Waals surface area contributed by atoms with Crippen LogP contribution in [-0.4, -0.2) is 16.0 Å². The molecule has 0 aliphatic rings. The minimum Gasteiger partial charge on any atom is -0.334 e. The van der Waals surface area contributed by atoms with Crippen molar-refractivity contribution >= 4 is 34.8 Å². The zero-order valence-electron chi connectivity index (χ0n) is 15.1. The average Bonchev–Trinajstić information content (AvgIpc) is 3.19. The number of para-hydroxylation sites is 1. The van der Waals surface area contributed by atoms with Gasteiger partial charge in [-0.05, 0) is 35.9 Å². The van der Waals surface area contributed by atoms with Crippen LogP contribution in [0.25, 0.3) is 11.5 Å². The first-order valence-corrected chi connectivity index (χ1v) is 9.58. The van der Waals surface area contributed by atoms with Gasteiger partial charge >= 0.3 is 0 Å². The minimum absolute atomic E-state index is 0.282. The van der Waals surface area contributed by atoms with Gasteiger partial charge in [-0.25, -0.2) is 0 Å². The second kappa shape index (κ2) is 8.47. The molecule has 0 saturated carbocycles. The Morgan fingerprint density at radius 2 is 1.72 bits per heavy atom. The van der Waals surface area contributed by atoms with Crippen molar-refractivity contribution in [2.24, 2.45) is 0 Å². The van der Waals surface area contributed by atoms with E-state index < -0.39 is 0 Å². The van der Waals surface area contributed by atoms with Crippen LogP contribution in [0.5, 0.6) is 0 Å². The van der Waals surface area contributed by atoms with Gasteiger partial charge in [0, 0.05) is 11.4 Å². The lowest BCUT2D eigenvalue weighted by Crippen LogP contribution is -2.13. The Hall–Kier alpha value is -3.15. The first kappa shape index (κ1) is 19.2. The highest BCUT2D eigenvalue weighted by Gasteiger charge is 2.17. The number of rotatable bonds is 5. The van der Waals surface area contributed by atoms with E-state index in [2.05, 4.69) is 15.5 Å². The van der Waals surface area contributed by atoms with Gasteiger partial charge < -0.3 is 9.84 Å². The van der Waals surface area contributed by atoms with Gasteiger partial charge in [-0.2, -0.15) is 4.98 Å². The quantitative estimate of drug-likeness (QED) is 0.434. The maximum absolute atomic E-state index is 12.7. The Balaban J connectivity index is 1.59. The van der Waals surface area contributed by atoms with E-state index >= 15 is 0 Å². The molecule has 0 aliphatic carbocycles. The van der Waals surface area contributed by atoms with E-state index in [1.165, 1.54) is 6.07 Å². The van der Waals surface area contributed by atoms with Gasteiger partial charge in [-0.3, -0.25) is 4.79 Å². The van der Waals surface area contributed by atoms with Crippen LogP contribution >= 0.6 is 23.2 Å². The molecule has 4 aromatic rings. The molecule has 7 heteroatoms. The van der Waals surface area contributed by atoms with Crippen LogP contribution in [0.1, 0.15) is 21.7 Å². The predicted octanol–water partition coefficient (Wildman–Crippen LogP) is 5.89.